The van der Waals surface area contributed by atoms with Crippen LogP contribution in [0.5, 0.6) is 5.75 Å². The van der Waals surface area contributed by atoms with Crippen LogP contribution < -0.4 is 9.64 Å². The van der Waals surface area contributed by atoms with Crippen molar-refractivity contribution in [2.75, 3.05) is 64.6 Å². The van der Waals surface area contributed by atoms with Crippen LogP contribution in [0.4, 0.5) is 10.1 Å². The number of hydrogen-bond acceptors (Lipinski definition) is 5. The van der Waals surface area contributed by atoms with Crippen LogP contribution in [0.2, 0.25) is 0 Å². The van der Waals surface area contributed by atoms with Gasteiger partial charge in [-0.2, -0.15) is 0 Å². The van der Waals surface area contributed by atoms with Crippen LogP contribution in [0.15, 0.2) is 18.2 Å². The second-order valence-corrected chi connectivity index (χ2v) is 5.01. The molecule has 1 heterocycles. The minimum atomic E-state index is -0.263. The van der Waals surface area contributed by atoms with Crippen molar-refractivity contribution in [2.24, 2.45) is 0 Å². The van der Waals surface area contributed by atoms with Gasteiger partial charge in [-0.15, -0.1) is 0 Å². The van der Waals surface area contributed by atoms with Gasteiger partial charge in [0.25, 0.3) is 0 Å². The molecule has 1 saturated heterocycles. The fourth-order valence-electron chi connectivity index (χ4n) is 2.43. The molecule has 1 aliphatic heterocycles. The molecule has 0 unspecified atom stereocenters. The van der Waals surface area contributed by atoms with Crippen molar-refractivity contribution >= 4 is 5.69 Å². The molecule has 0 amide bonds. The number of benzene rings is 1. The number of anilines is 1. The highest BCUT2D eigenvalue weighted by Gasteiger charge is 2.19. The van der Waals surface area contributed by atoms with Gasteiger partial charge in [-0.3, -0.25) is 4.90 Å². The number of nitrogens with zero attached hydrogens (tertiary/aromatic N) is 2. The van der Waals surface area contributed by atoms with Crippen LogP contribution >= 0.6 is 0 Å². The summed E-state index contributed by atoms with van der Waals surface area (Å²) in [5.41, 5.74) is 0.609. The summed E-state index contributed by atoms with van der Waals surface area (Å²) in [7, 11) is 1.60. The van der Waals surface area contributed by atoms with Crippen LogP contribution in [0.25, 0.3) is 0 Å². The highest BCUT2D eigenvalue weighted by atomic mass is 19.1. The highest BCUT2D eigenvalue weighted by molar-refractivity contribution is 5.51. The lowest BCUT2D eigenvalue weighted by Crippen LogP contribution is -2.47. The number of ether oxygens (including phenoxy) is 2. The van der Waals surface area contributed by atoms with E-state index in [0.717, 1.165) is 26.2 Å². The van der Waals surface area contributed by atoms with Crippen molar-refractivity contribution in [3.8, 4) is 5.75 Å². The second kappa shape index (κ2) is 8.17. The van der Waals surface area contributed by atoms with Crippen LogP contribution in [0.1, 0.15) is 0 Å². The van der Waals surface area contributed by atoms with E-state index in [1.54, 1.807) is 19.2 Å². The molecule has 5 nitrogen and oxygen atoms in total. The molecule has 2 rings (SSSR count). The molecule has 1 aromatic rings. The quantitative estimate of drug-likeness (QED) is 0.760. The minimum Gasteiger partial charge on any atom is -0.491 e. The summed E-state index contributed by atoms with van der Waals surface area (Å²) in [5, 5.41) is 8.93. The first-order valence-corrected chi connectivity index (χ1v) is 7.24. The molecule has 1 aromatic carbocycles. The van der Waals surface area contributed by atoms with E-state index in [4.69, 9.17) is 14.6 Å². The maximum Gasteiger partial charge on any atom is 0.150 e. The Morgan fingerprint density at radius 2 is 1.95 bits per heavy atom. The van der Waals surface area contributed by atoms with Crippen LogP contribution in [0.3, 0.4) is 0 Å². The summed E-state index contributed by atoms with van der Waals surface area (Å²) in [6, 6.07) is 4.97. The Kier molecular flexibility index (Phi) is 6.22. The Labute approximate surface area is 124 Å². The summed E-state index contributed by atoms with van der Waals surface area (Å²) in [5.74, 6) is 0.257. The van der Waals surface area contributed by atoms with E-state index in [-0.39, 0.29) is 12.4 Å². The molecular weight excluding hydrogens is 275 g/mol. The van der Waals surface area contributed by atoms with Gasteiger partial charge in [0.1, 0.15) is 18.2 Å². The predicted molar refractivity (Wildman–Crippen MR) is 79.5 cm³/mol. The van der Waals surface area contributed by atoms with Gasteiger partial charge in [0.15, 0.2) is 0 Å². The Bertz CT molecular complexity index is 437. The first-order valence-electron chi connectivity index (χ1n) is 7.24. The maximum absolute atomic E-state index is 14.2. The SMILES string of the molecule is COCCOc1ccc(N2CCN(CCO)CC2)c(F)c1. The van der Waals surface area contributed by atoms with Crippen molar-refractivity contribution in [1.29, 1.82) is 0 Å². The van der Waals surface area contributed by atoms with E-state index in [9.17, 15) is 4.39 Å². The fourth-order valence-corrected chi connectivity index (χ4v) is 2.43. The van der Waals surface area contributed by atoms with E-state index in [2.05, 4.69) is 4.90 Å². The average molecular weight is 298 g/mol. The summed E-state index contributed by atoms with van der Waals surface area (Å²) >= 11 is 0. The minimum absolute atomic E-state index is 0.169. The van der Waals surface area contributed by atoms with Gasteiger partial charge in [0, 0.05) is 45.9 Å². The topological polar surface area (TPSA) is 45.2 Å². The molecule has 21 heavy (non-hydrogen) atoms. The number of methoxy groups -OCH3 is 1. The first-order chi connectivity index (χ1) is 10.2. The smallest absolute Gasteiger partial charge is 0.150 e. The average Bonchev–Trinajstić information content (AvgIpc) is 2.49. The molecule has 0 aliphatic carbocycles. The Hall–Kier alpha value is -1.37. The van der Waals surface area contributed by atoms with Gasteiger partial charge in [-0.05, 0) is 12.1 Å². The molecule has 1 fully saturated rings. The molecule has 0 saturated carbocycles. The lowest BCUT2D eigenvalue weighted by Gasteiger charge is -2.35. The van der Waals surface area contributed by atoms with Gasteiger partial charge >= 0.3 is 0 Å². The summed E-state index contributed by atoms with van der Waals surface area (Å²) < 4.78 is 24.5. The zero-order valence-corrected chi connectivity index (χ0v) is 12.4. The molecule has 0 spiro atoms. The molecule has 1 N–H and O–H groups in total. The summed E-state index contributed by atoms with van der Waals surface area (Å²) in [6.45, 7) is 4.95. The monoisotopic (exact) mass is 298 g/mol. The zero-order chi connectivity index (χ0) is 15.1. The molecular formula is C15H23FN2O3. The first kappa shape index (κ1) is 16.0. The van der Waals surface area contributed by atoms with Crippen molar-refractivity contribution < 1.29 is 19.0 Å². The zero-order valence-electron chi connectivity index (χ0n) is 12.4. The van der Waals surface area contributed by atoms with Gasteiger partial charge < -0.3 is 19.5 Å². The number of β-amino-alcohol motifs (C(OH)–C–C–N with tert-alkyl or cyclic N) is 1. The van der Waals surface area contributed by atoms with E-state index in [1.165, 1.54) is 6.07 Å². The van der Waals surface area contributed by atoms with E-state index >= 15 is 0 Å². The predicted octanol–water partition coefficient (Wildman–Crippen LogP) is 0.965. The third kappa shape index (κ3) is 4.56. The van der Waals surface area contributed by atoms with Crippen molar-refractivity contribution in [3.63, 3.8) is 0 Å². The Balaban J connectivity index is 1.92. The molecule has 1 aliphatic rings. The van der Waals surface area contributed by atoms with E-state index in [1.807, 2.05) is 4.90 Å². The second-order valence-electron chi connectivity index (χ2n) is 5.01. The number of aliphatic hydroxyl groups excluding tert-OH is 1. The molecule has 0 bridgehead atoms. The molecule has 0 atom stereocenters. The molecule has 0 aromatic heterocycles. The molecule has 0 radical (unpaired) electrons. The Morgan fingerprint density at radius 3 is 2.57 bits per heavy atom. The van der Waals surface area contributed by atoms with Gasteiger partial charge in [-0.1, -0.05) is 0 Å². The number of piperazine rings is 1. The number of halogens is 1. The van der Waals surface area contributed by atoms with Crippen molar-refractivity contribution in [3.05, 3.63) is 24.0 Å². The fraction of sp³-hybridized carbons (Fsp3) is 0.600. The van der Waals surface area contributed by atoms with Gasteiger partial charge in [0.05, 0.1) is 18.9 Å². The van der Waals surface area contributed by atoms with Crippen LogP contribution in [-0.2, 0) is 4.74 Å². The van der Waals surface area contributed by atoms with Gasteiger partial charge in [0.2, 0.25) is 0 Å². The number of aliphatic hydroxyl groups is 1. The number of hydrogen-bond donors (Lipinski definition) is 1. The third-order valence-electron chi connectivity index (χ3n) is 3.60. The molecule has 6 heteroatoms. The third-order valence-corrected chi connectivity index (χ3v) is 3.60. The Morgan fingerprint density at radius 1 is 1.19 bits per heavy atom. The molecule has 118 valence electrons. The number of rotatable bonds is 7. The van der Waals surface area contributed by atoms with Crippen LogP contribution in [-0.4, -0.2) is 69.7 Å². The van der Waals surface area contributed by atoms with E-state index < -0.39 is 0 Å². The van der Waals surface area contributed by atoms with Crippen molar-refractivity contribution in [2.45, 2.75) is 0 Å². The maximum atomic E-state index is 14.2. The normalized spacial score (nSPS) is 16.2. The largest absolute Gasteiger partial charge is 0.491 e. The summed E-state index contributed by atoms with van der Waals surface area (Å²) in [6.07, 6.45) is 0. The van der Waals surface area contributed by atoms with Crippen molar-refractivity contribution in [1.82, 2.24) is 4.90 Å². The lowest BCUT2D eigenvalue weighted by atomic mass is 10.2. The van der Waals surface area contributed by atoms with E-state index in [0.29, 0.717) is 31.2 Å². The summed E-state index contributed by atoms with van der Waals surface area (Å²) in [4.78, 5) is 4.21. The lowest BCUT2D eigenvalue weighted by molar-refractivity contribution is 0.146. The van der Waals surface area contributed by atoms with Crippen LogP contribution in [0, 0.1) is 5.82 Å². The van der Waals surface area contributed by atoms with Gasteiger partial charge in [-0.25, -0.2) is 4.39 Å². The standard InChI is InChI=1S/C15H23FN2O3/c1-20-10-11-21-13-2-3-15(14(16)12-13)18-6-4-17(5-7-18)8-9-19/h2-3,12,19H,4-11H2,1H3. The highest BCUT2D eigenvalue weighted by Crippen LogP contribution is 2.25.